The molecule has 1 unspecified atom stereocenters. The third-order valence-electron chi connectivity index (χ3n) is 11.2. The molecule has 1 saturated carbocycles. The maximum Gasteiger partial charge on any atom is 0.262 e. The maximum atomic E-state index is 13.3. The molecule has 13 nitrogen and oxygen atoms in total. The molecule has 3 aromatic carbocycles. The summed E-state index contributed by atoms with van der Waals surface area (Å²) in [5.41, 5.74) is 3.98. The predicted molar refractivity (Wildman–Crippen MR) is 193 cm³/mol. The molecule has 0 aromatic heterocycles. The van der Waals surface area contributed by atoms with Gasteiger partial charge in [0.15, 0.2) is 0 Å². The Labute approximate surface area is 316 Å². The van der Waals surface area contributed by atoms with Crippen LogP contribution in [0.2, 0.25) is 5.02 Å². The van der Waals surface area contributed by atoms with E-state index < -0.39 is 29.7 Å². The molecule has 54 heavy (non-hydrogen) atoms. The van der Waals surface area contributed by atoms with Crippen molar-refractivity contribution in [2.45, 2.75) is 69.8 Å². The lowest BCUT2D eigenvalue weighted by Gasteiger charge is -2.35. The van der Waals surface area contributed by atoms with Crippen LogP contribution in [0.25, 0.3) is 0 Å². The van der Waals surface area contributed by atoms with E-state index in [1.807, 2.05) is 11.0 Å². The first-order valence-electron chi connectivity index (χ1n) is 18.2. The van der Waals surface area contributed by atoms with Crippen molar-refractivity contribution < 1.29 is 33.5 Å². The lowest BCUT2D eigenvalue weighted by atomic mass is 9.89. The number of nitrogens with one attached hydrogen (secondary N) is 2. The highest BCUT2D eigenvalue weighted by Crippen LogP contribution is 2.35. The van der Waals surface area contributed by atoms with Crippen molar-refractivity contribution in [2.24, 2.45) is 5.92 Å². The van der Waals surface area contributed by atoms with Crippen molar-refractivity contribution >= 4 is 47.0 Å². The van der Waals surface area contributed by atoms with Crippen molar-refractivity contribution in [3.05, 3.63) is 98.6 Å². The number of nitrogens with zero attached hydrogens (tertiary/aromatic N) is 4. The van der Waals surface area contributed by atoms with E-state index in [0.29, 0.717) is 83.5 Å². The van der Waals surface area contributed by atoms with Crippen LogP contribution >= 0.6 is 11.6 Å². The number of likely N-dealkylation sites (tertiary alicyclic amines) is 1. The highest BCUT2D eigenvalue weighted by molar-refractivity contribution is 6.31. The van der Waals surface area contributed by atoms with Crippen LogP contribution in [0.15, 0.2) is 54.6 Å². The summed E-state index contributed by atoms with van der Waals surface area (Å²) in [6.45, 7) is 3.36. The molecule has 0 radical (unpaired) electrons. The minimum Gasteiger partial charge on any atom is -0.490 e. The molecule has 0 spiro atoms. The quantitative estimate of drug-likeness (QED) is 0.326. The van der Waals surface area contributed by atoms with E-state index in [0.717, 1.165) is 35.4 Å². The Hall–Kier alpha value is -5.58. The molecular weight excluding hydrogens is 712 g/mol. The summed E-state index contributed by atoms with van der Waals surface area (Å²) in [6.07, 6.45) is 3.14. The van der Waals surface area contributed by atoms with E-state index in [9.17, 15) is 28.8 Å². The molecule has 5 aliphatic rings. The number of rotatable bonds is 8. The minimum absolute atomic E-state index is 0.0271. The van der Waals surface area contributed by atoms with Gasteiger partial charge in [0.1, 0.15) is 24.0 Å². The van der Waals surface area contributed by atoms with E-state index in [2.05, 4.69) is 15.5 Å². The van der Waals surface area contributed by atoms with Gasteiger partial charge in [-0.15, -0.1) is 0 Å². The number of hydrogen-bond donors (Lipinski definition) is 2. The van der Waals surface area contributed by atoms with Crippen LogP contribution in [0.4, 0.5) is 0 Å². The fourth-order valence-electron chi connectivity index (χ4n) is 8.10. The molecule has 1 aliphatic carbocycles. The summed E-state index contributed by atoms with van der Waals surface area (Å²) in [5, 5.41) is 14.6. The Morgan fingerprint density at radius 3 is 2.15 bits per heavy atom. The Kier molecular flexibility index (Phi) is 9.41. The van der Waals surface area contributed by atoms with Gasteiger partial charge in [0, 0.05) is 75.2 Å². The number of halogens is 1. The van der Waals surface area contributed by atoms with Gasteiger partial charge in [0.25, 0.3) is 23.6 Å². The number of imide groups is 2. The van der Waals surface area contributed by atoms with Crippen LogP contribution < -0.4 is 15.4 Å². The lowest BCUT2D eigenvalue weighted by molar-refractivity contribution is -0.136. The van der Waals surface area contributed by atoms with Crippen molar-refractivity contribution in [1.82, 2.24) is 25.3 Å². The van der Waals surface area contributed by atoms with Gasteiger partial charge in [-0.2, -0.15) is 5.26 Å². The monoisotopic (exact) mass is 748 g/mol. The Bertz CT molecular complexity index is 2090. The van der Waals surface area contributed by atoms with E-state index in [4.69, 9.17) is 21.6 Å². The molecule has 2 saturated heterocycles. The average molecular weight is 749 g/mol. The van der Waals surface area contributed by atoms with Gasteiger partial charge >= 0.3 is 0 Å². The third kappa shape index (κ3) is 6.83. The van der Waals surface area contributed by atoms with Gasteiger partial charge in [0.2, 0.25) is 11.8 Å². The van der Waals surface area contributed by atoms with Gasteiger partial charge in [0.05, 0.1) is 21.7 Å². The first-order chi connectivity index (χ1) is 26.0. The summed E-state index contributed by atoms with van der Waals surface area (Å²) in [4.78, 5) is 81.9. The molecule has 2 N–H and O–H groups in total. The maximum absolute atomic E-state index is 13.3. The zero-order valence-electron chi connectivity index (χ0n) is 29.3. The number of hydrogen-bond acceptors (Lipinski definition) is 9. The molecule has 6 amide bonds. The number of piperidine rings is 2. The van der Waals surface area contributed by atoms with Gasteiger partial charge in [-0.3, -0.25) is 43.9 Å². The highest BCUT2D eigenvalue weighted by Gasteiger charge is 2.45. The van der Waals surface area contributed by atoms with Crippen molar-refractivity contribution in [1.29, 1.82) is 5.26 Å². The van der Waals surface area contributed by atoms with Gasteiger partial charge in [-0.1, -0.05) is 11.6 Å². The molecule has 0 bridgehead atoms. The normalized spacial score (nSPS) is 22.6. The zero-order chi connectivity index (χ0) is 37.7. The van der Waals surface area contributed by atoms with E-state index in [1.54, 1.807) is 54.6 Å². The Morgan fingerprint density at radius 2 is 1.54 bits per heavy atom. The first kappa shape index (κ1) is 35.4. The SMILES string of the molecule is N#Cc1ccc(OC2CC(NC(=O)c3ccc(C(=O)N4CCC(CN5Cc6cc7c(cc6C5)C(=O)N(C5CCC(=O)NC5=O)C7=O)CC4)cc3)C2)cc1Cl. The Morgan fingerprint density at radius 1 is 0.889 bits per heavy atom. The summed E-state index contributed by atoms with van der Waals surface area (Å²) < 4.78 is 5.92. The number of fused-ring (bicyclic) bond motifs is 2. The standard InChI is InChI=1S/C40H37ClN6O7/c41-33-17-29(6-5-25(33)18-42)54-30-15-28(16-30)43-36(49)23-1-3-24(4-2-23)38(51)46-11-9-22(10-12-46)19-45-20-26-13-31-32(14-27(26)21-45)40(53)47(39(31)52)34-7-8-35(48)44-37(34)50/h1-6,13-14,17,22,28,30,34H,7-12,15-16,19-21H2,(H,43,49)(H,44,48,50). The van der Waals surface area contributed by atoms with Gasteiger partial charge in [-0.05, 0) is 84.8 Å². The second kappa shape index (κ2) is 14.3. The van der Waals surface area contributed by atoms with E-state index >= 15 is 0 Å². The first-order valence-corrected chi connectivity index (χ1v) is 18.6. The molecule has 276 valence electrons. The lowest BCUT2D eigenvalue weighted by Crippen LogP contribution is -2.54. The van der Waals surface area contributed by atoms with Crippen molar-refractivity contribution in [3.63, 3.8) is 0 Å². The number of carbonyl (C=O) groups is 6. The smallest absolute Gasteiger partial charge is 0.262 e. The van der Waals surface area contributed by atoms with Gasteiger partial charge < -0.3 is 15.0 Å². The summed E-state index contributed by atoms with van der Waals surface area (Å²) >= 11 is 6.09. The number of amides is 6. The van der Waals surface area contributed by atoms with Crippen LogP contribution in [0, 0.1) is 17.2 Å². The summed E-state index contributed by atoms with van der Waals surface area (Å²) in [6, 6.07) is 16.3. The molecule has 3 aromatic rings. The highest BCUT2D eigenvalue weighted by atomic mass is 35.5. The molecule has 3 fully saturated rings. The van der Waals surface area contributed by atoms with Crippen LogP contribution in [0.3, 0.4) is 0 Å². The third-order valence-corrected chi connectivity index (χ3v) is 11.5. The topological polar surface area (TPSA) is 169 Å². The Balaban J connectivity index is 0.781. The fourth-order valence-corrected chi connectivity index (χ4v) is 8.31. The summed E-state index contributed by atoms with van der Waals surface area (Å²) in [5.74, 6) is -1.33. The van der Waals surface area contributed by atoms with Crippen LogP contribution in [0.1, 0.15) is 96.6 Å². The van der Waals surface area contributed by atoms with Crippen LogP contribution in [-0.4, -0.2) is 88.0 Å². The van der Waals surface area contributed by atoms with E-state index in [-0.39, 0.29) is 36.8 Å². The predicted octanol–water partition coefficient (Wildman–Crippen LogP) is 3.82. The summed E-state index contributed by atoms with van der Waals surface area (Å²) in [7, 11) is 0. The second-order valence-corrected chi connectivity index (χ2v) is 15.1. The molecule has 14 heteroatoms. The molecular formula is C40H37ClN6O7. The molecule has 4 heterocycles. The zero-order valence-corrected chi connectivity index (χ0v) is 30.1. The number of benzene rings is 3. The number of carbonyl (C=O) groups excluding carboxylic acids is 6. The largest absolute Gasteiger partial charge is 0.490 e. The van der Waals surface area contributed by atoms with E-state index in [1.165, 1.54) is 0 Å². The fraction of sp³-hybridized carbons (Fsp3) is 0.375. The number of ether oxygens (including phenoxy) is 1. The minimum atomic E-state index is -0.984. The molecule has 4 aliphatic heterocycles. The van der Waals surface area contributed by atoms with Crippen molar-refractivity contribution in [2.75, 3.05) is 19.6 Å². The molecule has 8 rings (SSSR count). The average Bonchev–Trinajstić information content (AvgIpc) is 3.65. The van der Waals surface area contributed by atoms with Gasteiger partial charge in [-0.25, -0.2) is 0 Å². The second-order valence-electron chi connectivity index (χ2n) is 14.7. The van der Waals surface area contributed by atoms with Crippen LogP contribution in [-0.2, 0) is 22.7 Å². The van der Waals surface area contributed by atoms with Crippen LogP contribution in [0.5, 0.6) is 5.75 Å². The molecule has 1 atom stereocenters. The number of nitriles is 1. The van der Waals surface area contributed by atoms with Crippen molar-refractivity contribution in [3.8, 4) is 11.8 Å².